The van der Waals surface area contributed by atoms with Gasteiger partial charge in [-0.05, 0) is 89.9 Å². The second-order valence-electron chi connectivity index (χ2n) is 18.7. The lowest BCUT2D eigenvalue weighted by molar-refractivity contribution is -0.305. The summed E-state index contributed by atoms with van der Waals surface area (Å²) >= 11 is 0. The summed E-state index contributed by atoms with van der Waals surface area (Å²) in [6.07, 6.45) is 60.5. The van der Waals surface area contributed by atoms with E-state index in [0.29, 0.717) is 12.8 Å². The molecule has 1 amide bonds. The molecule has 8 unspecified atom stereocenters. The Morgan fingerprint density at radius 3 is 1.59 bits per heavy atom. The highest BCUT2D eigenvalue weighted by atomic mass is 16.7. The van der Waals surface area contributed by atoms with Crippen molar-refractivity contribution in [2.75, 3.05) is 13.2 Å². The van der Waals surface area contributed by atoms with Crippen molar-refractivity contribution >= 4 is 11.9 Å². The third-order valence-electron chi connectivity index (χ3n) is 12.1. The first kappa shape index (κ1) is 67.6. The number of aliphatic hydroxyl groups excluding tert-OH is 5. The Morgan fingerprint density at radius 1 is 0.554 bits per heavy atom. The Hall–Kier alpha value is -4.46. The van der Waals surface area contributed by atoms with Crippen LogP contribution < -0.4 is 5.32 Å². The van der Waals surface area contributed by atoms with Crippen LogP contribution >= 0.6 is 0 Å². The first-order chi connectivity index (χ1) is 36.2. The molecule has 74 heavy (non-hydrogen) atoms. The number of hydrogen-bond donors (Lipinski definition) is 6. The molecule has 0 bridgehead atoms. The van der Waals surface area contributed by atoms with Gasteiger partial charge >= 0.3 is 5.97 Å². The van der Waals surface area contributed by atoms with Crippen LogP contribution in [0.1, 0.15) is 175 Å². The molecule has 1 aliphatic heterocycles. The van der Waals surface area contributed by atoms with E-state index in [9.17, 15) is 35.1 Å². The number of aliphatic hydroxyl groups is 5. The fourth-order valence-electron chi connectivity index (χ4n) is 7.68. The monoisotopic (exact) mass is 1030 g/mol. The van der Waals surface area contributed by atoms with E-state index in [2.05, 4.69) is 105 Å². The Labute approximate surface area is 447 Å². The molecule has 416 valence electrons. The molecule has 1 saturated heterocycles. The van der Waals surface area contributed by atoms with Crippen LogP contribution in [0.3, 0.4) is 0 Å². The normalized spacial score (nSPS) is 20.5. The zero-order chi connectivity index (χ0) is 54.0. The summed E-state index contributed by atoms with van der Waals surface area (Å²) in [5, 5.41) is 56.6. The van der Waals surface area contributed by atoms with Crippen LogP contribution in [-0.2, 0) is 23.8 Å². The molecular weight excluding hydrogens is 931 g/mol. The van der Waals surface area contributed by atoms with Crippen molar-refractivity contribution in [3.8, 4) is 0 Å². The van der Waals surface area contributed by atoms with Crippen LogP contribution in [0.15, 0.2) is 146 Å². The zero-order valence-corrected chi connectivity index (χ0v) is 45.6. The minimum absolute atomic E-state index is 0.0501. The molecule has 8 atom stereocenters. The van der Waals surface area contributed by atoms with Gasteiger partial charge in [0.05, 0.1) is 25.4 Å². The molecule has 0 aromatic rings. The number of allylic oxidation sites excluding steroid dienone is 23. The van der Waals surface area contributed by atoms with Crippen molar-refractivity contribution in [3.05, 3.63) is 146 Å². The highest BCUT2D eigenvalue weighted by molar-refractivity contribution is 5.80. The van der Waals surface area contributed by atoms with E-state index in [-0.39, 0.29) is 19.4 Å². The van der Waals surface area contributed by atoms with Gasteiger partial charge in [0.25, 0.3) is 0 Å². The van der Waals surface area contributed by atoms with Crippen molar-refractivity contribution in [2.45, 2.75) is 224 Å². The smallest absolute Gasteiger partial charge is 0.306 e. The SMILES string of the molecule is CC/C=C\C/C=C\C/C=C\C/C=C\C/C=C\C/C=C\CCCCC(=O)OC1C(OCC(NC(=O)C(O)CC/C=C/C=C\C=C/C=C/C=C/CC)C(O)/C=C/CCCCCCCCCCCC)OC(CO)C(O)C1O. The van der Waals surface area contributed by atoms with Gasteiger partial charge in [-0.15, -0.1) is 0 Å². The molecule has 11 nitrogen and oxygen atoms in total. The van der Waals surface area contributed by atoms with Gasteiger partial charge in [-0.2, -0.15) is 0 Å². The zero-order valence-electron chi connectivity index (χ0n) is 45.6. The van der Waals surface area contributed by atoms with E-state index in [1.54, 1.807) is 6.08 Å². The summed E-state index contributed by atoms with van der Waals surface area (Å²) in [6, 6.07) is -1.08. The summed E-state index contributed by atoms with van der Waals surface area (Å²) in [5.74, 6) is -1.34. The van der Waals surface area contributed by atoms with Gasteiger partial charge < -0.3 is 45.1 Å². The minimum atomic E-state index is -1.65. The van der Waals surface area contributed by atoms with Crippen LogP contribution in [-0.4, -0.2) is 99.6 Å². The van der Waals surface area contributed by atoms with Gasteiger partial charge in [0.1, 0.15) is 24.4 Å². The van der Waals surface area contributed by atoms with E-state index in [1.165, 1.54) is 44.9 Å². The molecule has 1 heterocycles. The van der Waals surface area contributed by atoms with Gasteiger partial charge in [-0.3, -0.25) is 9.59 Å². The Bertz CT molecular complexity index is 1750. The predicted octanol–water partition coefficient (Wildman–Crippen LogP) is 12.7. The van der Waals surface area contributed by atoms with Crippen molar-refractivity contribution in [3.63, 3.8) is 0 Å². The second-order valence-corrected chi connectivity index (χ2v) is 18.7. The quantitative estimate of drug-likeness (QED) is 0.0149. The Kier molecular flexibility index (Phi) is 45.1. The van der Waals surface area contributed by atoms with Crippen molar-refractivity contribution in [1.29, 1.82) is 0 Å². The highest BCUT2D eigenvalue weighted by Gasteiger charge is 2.47. The van der Waals surface area contributed by atoms with Crippen LogP contribution in [0.4, 0.5) is 0 Å². The molecule has 11 heteroatoms. The number of carbonyl (C=O) groups is 2. The molecule has 1 aliphatic rings. The maximum Gasteiger partial charge on any atom is 0.306 e. The van der Waals surface area contributed by atoms with Gasteiger partial charge in [-0.1, -0.05) is 224 Å². The van der Waals surface area contributed by atoms with Crippen molar-refractivity contribution in [2.24, 2.45) is 0 Å². The molecule has 0 saturated carbocycles. The Morgan fingerprint density at radius 2 is 1.04 bits per heavy atom. The van der Waals surface area contributed by atoms with Gasteiger partial charge in [0.15, 0.2) is 12.4 Å². The third kappa shape index (κ3) is 37.3. The van der Waals surface area contributed by atoms with Crippen molar-refractivity contribution in [1.82, 2.24) is 5.32 Å². The van der Waals surface area contributed by atoms with Crippen LogP contribution in [0.5, 0.6) is 0 Å². The maximum absolute atomic E-state index is 13.3. The molecule has 0 aromatic heterocycles. The number of esters is 1. The van der Waals surface area contributed by atoms with Gasteiger partial charge in [-0.25, -0.2) is 0 Å². The first-order valence-electron chi connectivity index (χ1n) is 28.2. The fraction of sp³-hybridized carbons (Fsp3) is 0.587. The average molecular weight is 1030 g/mol. The number of amides is 1. The van der Waals surface area contributed by atoms with Crippen molar-refractivity contribution < 1.29 is 49.3 Å². The summed E-state index contributed by atoms with van der Waals surface area (Å²) in [6.45, 7) is 5.41. The van der Waals surface area contributed by atoms with Gasteiger partial charge in [0, 0.05) is 6.42 Å². The number of hydrogen-bond acceptors (Lipinski definition) is 10. The van der Waals surface area contributed by atoms with Crippen LogP contribution in [0.25, 0.3) is 0 Å². The van der Waals surface area contributed by atoms with E-state index in [1.807, 2.05) is 60.8 Å². The molecule has 0 spiro atoms. The largest absolute Gasteiger partial charge is 0.454 e. The average Bonchev–Trinajstić information content (AvgIpc) is 3.40. The van der Waals surface area contributed by atoms with E-state index < -0.39 is 67.4 Å². The molecule has 0 radical (unpaired) electrons. The lowest BCUT2D eigenvalue weighted by atomic mass is 9.99. The molecule has 0 aliphatic carbocycles. The minimum Gasteiger partial charge on any atom is -0.454 e. The van der Waals surface area contributed by atoms with Gasteiger partial charge in [0.2, 0.25) is 5.91 Å². The van der Waals surface area contributed by atoms with Crippen LogP contribution in [0, 0.1) is 0 Å². The number of rotatable bonds is 44. The lowest BCUT2D eigenvalue weighted by Crippen LogP contribution is -2.61. The van der Waals surface area contributed by atoms with E-state index in [0.717, 1.165) is 83.5 Å². The second kappa shape index (κ2) is 49.4. The highest BCUT2D eigenvalue weighted by Crippen LogP contribution is 2.26. The summed E-state index contributed by atoms with van der Waals surface area (Å²) in [7, 11) is 0. The summed E-state index contributed by atoms with van der Waals surface area (Å²) in [5.41, 5.74) is 0. The first-order valence-corrected chi connectivity index (χ1v) is 28.2. The van der Waals surface area contributed by atoms with E-state index in [4.69, 9.17) is 14.2 Å². The summed E-state index contributed by atoms with van der Waals surface area (Å²) < 4.78 is 17.5. The number of carbonyl (C=O) groups excluding carboxylic acids is 2. The summed E-state index contributed by atoms with van der Waals surface area (Å²) in [4.78, 5) is 26.4. The Balaban J connectivity index is 2.79. The number of unbranched alkanes of at least 4 members (excludes halogenated alkanes) is 12. The topological polar surface area (TPSA) is 175 Å². The molecule has 0 aromatic carbocycles. The predicted molar refractivity (Wildman–Crippen MR) is 305 cm³/mol. The number of ether oxygens (including phenoxy) is 3. The molecule has 1 rings (SSSR count). The molecule has 6 N–H and O–H groups in total. The fourth-order valence-corrected chi connectivity index (χ4v) is 7.68. The molecular formula is C63H99NO10. The third-order valence-corrected chi connectivity index (χ3v) is 12.1. The van der Waals surface area contributed by atoms with E-state index >= 15 is 0 Å². The van der Waals surface area contributed by atoms with Crippen LogP contribution in [0.2, 0.25) is 0 Å². The number of nitrogens with one attached hydrogen (secondary N) is 1. The molecule has 1 fully saturated rings. The lowest BCUT2D eigenvalue weighted by Gasteiger charge is -2.41. The standard InChI is InChI=1S/C63H99NO10/c1-4-7-10-13-16-19-22-25-26-27-28-29-30-31-32-33-36-39-42-45-48-51-58(68)74-61-60(70)59(69)57(52-65)73-63(61)72-53-54(55(66)49-46-43-40-37-34-23-20-17-14-11-8-5-2)64-62(71)56(67)50-47-44-41-38-35-24-21-18-15-12-9-6-3/h7,9-10,12,15-16,18-19,21,24-26,28-29,31-32,35-36,38-39,41,44,46,49,54-57,59-61,63,65-67,69-70H,4-6,8,11,13-14,17,20,22-23,27,30,33-34,37,40,42-43,45,47-48,50-53H2,1-3H3,(H,64,71)/b10-7-,12-9+,18-15+,19-16-,24-21-,26-25-,29-28-,32-31-,38-35-,39-36-,44-41+,49-46+. The maximum atomic E-state index is 13.3.